The Bertz CT molecular complexity index is 391. The molecule has 2 rings (SSSR count). The van der Waals surface area contributed by atoms with Crippen molar-refractivity contribution in [1.29, 1.82) is 0 Å². The summed E-state index contributed by atoms with van der Waals surface area (Å²) < 4.78 is 5.76. The molecule has 1 aromatic rings. The Kier molecular flexibility index (Phi) is 5.83. The van der Waals surface area contributed by atoms with Gasteiger partial charge in [0.25, 0.3) is 0 Å². The molecule has 1 atom stereocenters. The summed E-state index contributed by atoms with van der Waals surface area (Å²) in [5, 5.41) is 0. The van der Waals surface area contributed by atoms with E-state index >= 15 is 0 Å². The average molecular weight is 277 g/mol. The van der Waals surface area contributed by atoms with Crippen LogP contribution in [0, 0.1) is 0 Å². The number of nitrogens with zero attached hydrogens (tertiary/aromatic N) is 2. The lowest BCUT2D eigenvalue weighted by Gasteiger charge is -2.20. The molecule has 1 aliphatic heterocycles. The number of ether oxygens (including phenoxy) is 1. The van der Waals surface area contributed by atoms with Crippen molar-refractivity contribution in [3.05, 3.63) is 29.8 Å². The van der Waals surface area contributed by atoms with Gasteiger partial charge in [-0.2, -0.15) is 0 Å². The third kappa shape index (κ3) is 4.47. The largest absolute Gasteiger partial charge is 0.494 e. The Hall–Kier alpha value is -1.10. The van der Waals surface area contributed by atoms with E-state index in [1.54, 1.807) is 0 Å². The quantitative estimate of drug-likeness (QED) is 0.768. The Morgan fingerprint density at radius 3 is 2.65 bits per heavy atom. The zero-order valence-corrected chi connectivity index (χ0v) is 12.7. The van der Waals surface area contributed by atoms with Crippen molar-refractivity contribution in [2.75, 3.05) is 40.3 Å². The molecule has 4 nitrogen and oxygen atoms in total. The van der Waals surface area contributed by atoms with Crippen LogP contribution in [0.3, 0.4) is 0 Å². The first-order valence-electron chi connectivity index (χ1n) is 7.49. The van der Waals surface area contributed by atoms with Crippen molar-refractivity contribution in [2.45, 2.75) is 25.4 Å². The predicted molar refractivity (Wildman–Crippen MR) is 83.0 cm³/mol. The smallest absolute Gasteiger partial charge is 0.119 e. The molecule has 0 aliphatic carbocycles. The van der Waals surface area contributed by atoms with Gasteiger partial charge in [0, 0.05) is 25.7 Å². The van der Waals surface area contributed by atoms with Crippen LogP contribution in [0.2, 0.25) is 0 Å². The summed E-state index contributed by atoms with van der Waals surface area (Å²) in [6.07, 6.45) is 2.37. The number of hydrogen-bond acceptors (Lipinski definition) is 4. The standard InChI is InChI=1S/C16H27N3O/c1-18(2)15-8-10-19(13-15)9-3-11-20-16-6-4-14(12-17)5-7-16/h4-7,15H,3,8-13,17H2,1-2H3. The molecule has 0 amide bonds. The highest BCUT2D eigenvalue weighted by Crippen LogP contribution is 2.14. The van der Waals surface area contributed by atoms with Crippen LogP contribution in [-0.4, -0.2) is 56.2 Å². The molecule has 1 saturated heterocycles. The van der Waals surface area contributed by atoms with Crippen molar-refractivity contribution in [3.8, 4) is 5.75 Å². The minimum absolute atomic E-state index is 0.586. The highest BCUT2D eigenvalue weighted by Gasteiger charge is 2.23. The maximum atomic E-state index is 5.76. The molecule has 0 spiro atoms. The minimum atomic E-state index is 0.586. The first-order chi connectivity index (χ1) is 9.69. The van der Waals surface area contributed by atoms with E-state index in [2.05, 4.69) is 23.9 Å². The molecule has 112 valence electrons. The molecule has 1 unspecified atom stereocenters. The van der Waals surface area contributed by atoms with Gasteiger partial charge in [0.2, 0.25) is 0 Å². The van der Waals surface area contributed by atoms with Crippen molar-refractivity contribution < 1.29 is 4.74 Å². The van der Waals surface area contributed by atoms with Crippen molar-refractivity contribution in [2.24, 2.45) is 5.73 Å². The first-order valence-corrected chi connectivity index (χ1v) is 7.49. The molecule has 1 fully saturated rings. The number of likely N-dealkylation sites (tertiary alicyclic amines) is 1. The predicted octanol–water partition coefficient (Wildman–Crippen LogP) is 1.55. The molecule has 20 heavy (non-hydrogen) atoms. The van der Waals surface area contributed by atoms with Crippen LogP contribution in [0.15, 0.2) is 24.3 Å². The fourth-order valence-electron chi connectivity index (χ4n) is 2.64. The van der Waals surface area contributed by atoms with Crippen molar-refractivity contribution in [1.82, 2.24) is 9.80 Å². The monoisotopic (exact) mass is 277 g/mol. The first kappa shape index (κ1) is 15.3. The van der Waals surface area contributed by atoms with Crippen LogP contribution in [0.5, 0.6) is 5.75 Å². The fourth-order valence-corrected chi connectivity index (χ4v) is 2.64. The van der Waals surface area contributed by atoms with Crippen LogP contribution in [0.4, 0.5) is 0 Å². The summed E-state index contributed by atoms with van der Waals surface area (Å²) in [4.78, 5) is 4.86. The van der Waals surface area contributed by atoms with Crippen LogP contribution in [0.25, 0.3) is 0 Å². The van der Waals surface area contributed by atoms with Crippen LogP contribution in [-0.2, 0) is 6.54 Å². The van der Waals surface area contributed by atoms with Gasteiger partial charge < -0.3 is 20.3 Å². The molecule has 0 radical (unpaired) electrons. The summed E-state index contributed by atoms with van der Waals surface area (Å²) in [5.41, 5.74) is 6.72. The van der Waals surface area contributed by atoms with Crippen molar-refractivity contribution >= 4 is 0 Å². The summed E-state index contributed by atoms with van der Waals surface area (Å²) in [6, 6.07) is 8.77. The third-order valence-electron chi connectivity index (χ3n) is 4.02. The topological polar surface area (TPSA) is 41.7 Å². The summed E-state index contributed by atoms with van der Waals surface area (Å²) in [5.74, 6) is 0.940. The van der Waals surface area contributed by atoms with Gasteiger partial charge in [-0.3, -0.25) is 0 Å². The average Bonchev–Trinajstić information content (AvgIpc) is 2.93. The lowest BCUT2D eigenvalue weighted by molar-refractivity contribution is 0.242. The van der Waals surface area contributed by atoms with Crippen LogP contribution < -0.4 is 10.5 Å². The molecular formula is C16H27N3O. The molecule has 0 aromatic heterocycles. The van der Waals surface area contributed by atoms with E-state index < -0.39 is 0 Å². The second kappa shape index (κ2) is 7.62. The molecular weight excluding hydrogens is 250 g/mol. The van der Waals surface area contributed by atoms with E-state index in [9.17, 15) is 0 Å². The molecule has 1 heterocycles. The number of hydrogen-bond donors (Lipinski definition) is 1. The molecule has 0 saturated carbocycles. The molecule has 1 aliphatic rings. The van der Waals surface area contributed by atoms with E-state index in [4.69, 9.17) is 10.5 Å². The lowest BCUT2D eigenvalue weighted by atomic mass is 10.2. The van der Waals surface area contributed by atoms with Gasteiger partial charge >= 0.3 is 0 Å². The zero-order valence-electron chi connectivity index (χ0n) is 12.7. The Labute approximate surface area is 122 Å². The molecule has 4 heteroatoms. The number of nitrogens with two attached hydrogens (primary N) is 1. The van der Waals surface area contributed by atoms with E-state index in [0.717, 1.165) is 36.9 Å². The normalized spacial score (nSPS) is 19.7. The van der Waals surface area contributed by atoms with Crippen LogP contribution in [0.1, 0.15) is 18.4 Å². The number of likely N-dealkylation sites (N-methyl/N-ethyl adjacent to an activating group) is 1. The second-order valence-electron chi connectivity index (χ2n) is 5.76. The van der Waals surface area contributed by atoms with E-state index in [-0.39, 0.29) is 0 Å². The fraction of sp³-hybridized carbons (Fsp3) is 0.625. The lowest BCUT2D eigenvalue weighted by Crippen LogP contribution is -2.32. The van der Waals surface area contributed by atoms with Gasteiger partial charge in [-0.25, -0.2) is 0 Å². The maximum Gasteiger partial charge on any atom is 0.119 e. The molecule has 1 aromatic carbocycles. The zero-order chi connectivity index (χ0) is 14.4. The highest BCUT2D eigenvalue weighted by molar-refractivity contribution is 5.26. The van der Waals surface area contributed by atoms with Gasteiger partial charge in [-0.1, -0.05) is 12.1 Å². The Morgan fingerprint density at radius 1 is 1.30 bits per heavy atom. The second-order valence-corrected chi connectivity index (χ2v) is 5.76. The molecule has 2 N–H and O–H groups in total. The Morgan fingerprint density at radius 2 is 2.05 bits per heavy atom. The van der Waals surface area contributed by atoms with Gasteiger partial charge in [0.1, 0.15) is 5.75 Å². The highest BCUT2D eigenvalue weighted by atomic mass is 16.5. The van der Waals surface area contributed by atoms with Gasteiger partial charge in [-0.05, 0) is 51.2 Å². The maximum absolute atomic E-state index is 5.76. The third-order valence-corrected chi connectivity index (χ3v) is 4.02. The van der Waals surface area contributed by atoms with Crippen molar-refractivity contribution in [3.63, 3.8) is 0 Å². The van der Waals surface area contributed by atoms with Gasteiger partial charge in [0.05, 0.1) is 6.61 Å². The molecule has 0 bridgehead atoms. The minimum Gasteiger partial charge on any atom is -0.494 e. The summed E-state index contributed by atoms with van der Waals surface area (Å²) in [7, 11) is 4.34. The van der Waals surface area contributed by atoms with E-state index in [1.165, 1.54) is 19.5 Å². The van der Waals surface area contributed by atoms with E-state index in [1.807, 2.05) is 24.3 Å². The summed E-state index contributed by atoms with van der Waals surface area (Å²) in [6.45, 7) is 4.91. The SMILES string of the molecule is CN(C)C1CCN(CCCOc2ccc(CN)cc2)C1. The number of benzene rings is 1. The van der Waals surface area contributed by atoms with Crippen LogP contribution >= 0.6 is 0 Å². The number of rotatable bonds is 7. The van der Waals surface area contributed by atoms with E-state index in [0.29, 0.717) is 6.54 Å². The van der Waals surface area contributed by atoms with Gasteiger partial charge in [0.15, 0.2) is 0 Å². The Balaban J connectivity index is 1.62. The summed E-state index contributed by atoms with van der Waals surface area (Å²) >= 11 is 0. The van der Waals surface area contributed by atoms with Gasteiger partial charge in [-0.15, -0.1) is 0 Å².